The minimum absolute atomic E-state index is 0.0419. The van der Waals surface area contributed by atoms with E-state index < -0.39 is 18.4 Å². The Hall–Kier alpha value is -4.34. The van der Waals surface area contributed by atoms with E-state index in [1.807, 2.05) is 47.7 Å². The smallest absolute Gasteiger partial charge is 0.238 e. The molecule has 2 heterocycles. The summed E-state index contributed by atoms with van der Waals surface area (Å²) in [4.78, 5) is 42.1. The third-order valence-electron chi connectivity index (χ3n) is 10.8. The number of carbonyl (C=O) groups is 2. The number of nitrogens with one attached hydrogen (secondary N) is 4. The van der Waals surface area contributed by atoms with Crippen LogP contribution in [0.4, 0.5) is 8.78 Å². The van der Waals surface area contributed by atoms with E-state index in [2.05, 4.69) is 99.9 Å². The van der Waals surface area contributed by atoms with E-state index in [9.17, 15) is 18.4 Å². The van der Waals surface area contributed by atoms with Crippen LogP contribution in [0.1, 0.15) is 141 Å². The highest BCUT2D eigenvalue weighted by molar-refractivity contribution is 5.79. The normalized spacial score (nSPS) is 18.3. The first-order chi connectivity index (χ1) is 25.0. The van der Waals surface area contributed by atoms with Crippen LogP contribution >= 0.6 is 0 Å². The Morgan fingerprint density at radius 1 is 0.717 bits per heavy atom. The summed E-state index contributed by atoms with van der Waals surface area (Å²) in [5.41, 5.74) is 5.88. The van der Waals surface area contributed by atoms with Gasteiger partial charge in [-0.05, 0) is 70.6 Å². The van der Waals surface area contributed by atoms with Gasteiger partial charge in [0.25, 0.3) is 0 Å². The maximum absolute atomic E-state index is 13.1. The van der Waals surface area contributed by atoms with Crippen molar-refractivity contribution in [3.8, 4) is 22.5 Å². The van der Waals surface area contributed by atoms with Crippen molar-refractivity contribution in [3.63, 3.8) is 0 Å². The second-order valence-electron chi connectivity index (χ2n) is 17.1. The van der Waals surface area contributed by atoms with Crippen molar-refractivity contribution >= 4 is 11.8 Å². The summed E-state index contributed by atoms with van der Waals surface area (Å²) in [7, 11) is 0. The molecule has 6 atom stereocenters. The first-order valence-electron chi connectivity index (χ1n) is 19.2. The Morgan fingerprint density at radius 2 is 1.15 bits per heavy atom. The van der Waals surface area contributed by atoms with Crippen LogP contribution in [0.15, 0.2) is 60.9 Å². The van der Waals surface area contributed by atoms with Crippen LogP contribution < -0.4 is 10.6 Å². The molecule has 0 radical (unpaired) electrons. The van der Waals surface area contributed by atoms with Gasteiger partial charge in [0.2, 0.25) is 18.2 Å². The highest BCUT2D eigenvalue weighted by Gasteiger charge is 2.39. The van der Waals surface area contributed by atoms with Gasteiger partial charge in [0.15, 0.2) is 0 Å². The molecule has 10 heteroatoms. The number of nitrogens with zero attached hydrogens (tertiary/aromatic N) is 2. The van der Waals surface area contributed by atoms with Crippen molar-refractivity contribution < 1.29 is 18.4 Å². The van der Waals surface area contributed by atoms with Gasteiger partial charge in [0.1, 0.15) is 11.6 Å². The topological polar surface area (TPSA) is 116 Å². The molecule has 1 aliphatic rings. The third-order valence-corrected chi connectivity index (χ3v) is 10.8. The summed E-state index contributed by atoms with van der Waals surface area (Å²) in [5.74, 6) is 1.62. The van der Waals surface area contributed by atoms with Gasteiger partial charge in [-0.3, -0.25) is 9.59 Å². The lowest BCUT2D eigenvalue weighted by atomic mass is 9.85. The summed E-state index contributed by atoms with van der Waals surface area (Å²) in [6.07, 6.45) is 3.48. The highest BCUT2D eigenvalue weighted by Crippen LogP contribution is 2.55. The van der Waals surface area contributed by atoms with Crippen LogP contribution in [0.25, 0.3) is 22.5 Å². The van der Waals surface area contributed by atoms with Crippen molar-refractivity contribution in [1.82, 2.24) is 30.6 Å². The molecule has 1 aliphatic carbocycles. The number of hydrogen-bond donors (Lipinski definition) is 4. The van der Waals surface area contributed by atoms with E-state index in [1.54, 1.807) is 6.20 Å². The Balaban J connectivity index is 1.22. The minimum atomic E-state index is -2.42. The molecule has 4 N–H and O–H groups in total. The van der Waals surface area contributed by atoms with E-state index in [0.717, 1.165) is 41.2 Å². The molecule has 0 saturated heterocycles. The van der Waals surface area contributed by atoms with Gasteiger partial charge in [0, 0.05) is 18.3 Å². The molecule has 5 rings (SSSR count). The van der Waals surface area contributed by atoms with Gasteiger partial charge in [-0.2, -0.15) is 0 Å². The van der Waals surface area contributed by atoms with E-state index >= 15 is 0 Å². The number of H-pyrrole nitrogens is 2. The molecule has 1 saturated carbocycles. The molecular weight excluding hydrogens is 671 g/mol. The average Bonchev–Trinajstić information content (AvgIpc) is 3.49. The highest BCUT2D eigenvalue weighted by atomic mass is 19.3. The Kier molecular flexibility index (Phi) is 12.3. The van der Waals surface area contributed by atoms with Crippen molar-refractivity contribution in [3.05, 3.63) is 83.7 Å². The number of amides is 2. The zero-order valence-corrected chi connectivity index (χ0v) is 32.8. The van der Waals surface area contributed by atoms with E-state index in [1.165, 1.54) is 11.1 Å². The number of imidazole rings is 2. The molecular formula is C43H58F2N6O2. The summed E-state index contributed by atoms with van der Waals surface area (Å²) in [5, 5.41) is 6.32. The molecule has 2 aromatic heterocycles. The fraction of sp³-hybridized carbons (Fsp3) is 0.535. The molecule has 6 unspecified atom stereocenters. The maximum atomic E-state index is 13.1. The van der Waals surface area contributed by atoms with E-state index in [-0.39, 0.29) is 47.4 Å². The first-order valence-corrected chi connectivity index (χ1v) is 19.2. The predicted molar refractivity (Wildman–Crippen MR) is 207 cm³/mol. The van der Waals surface area contributed by atoms with Crippen molar-refractivity contribution in [2.75, 3.05) is 0 Å². The fourth-order valence-corrected chi connectivity index (χ4v) is 6.98. The molecule has 1 fully saturated rings. The van der Waals surface area contributed by atoms with Gasteiger partial charge in [-0.15, -0.1) is 0 Å². The zero-order chi connectivity index (χ0) is 38.7. The van der Waals surface area contributed by atoms with Crippen LogP contribution in [0, 0.1) is 22.7 Å². The number of alkyl halides is 2. The van der Waals surface area contributed by atoms with Crippen molar-refractivity contribution in [2.45, 2.75) is 125 Å². The number of carbonyl (C=O) groups excluding carboxylic acids is 2. The monoisotopic (exact) mass is 728 g/mol. The summed E-state index contributed by atoms with van der Waals surface area (Å²) in [6, 6.07) is 16.7. The number of benzene rings is 2. The lowest BCUT2D eigenvalue weighted by molar-refractivity contribution is -0.127. The minimum Gasteiger partial charge on any atom is -0.345 e. The molecule has 2 aromatic carbocycles. The number of rotatable bonds is 15. The third kappa shape index (κ3) is 9.81. The van der Waals surface area contributed by atoms with Gasteiger partial charge in [-0.1, -0.05) is 111 Å². The molecule has 286 valence electrons. The lowest BCUT2D eigenvalue weighted by Crippen LogP contribution is -2.40. The zero-order valence-electron chi connectivity index (χ0n) is 32.8. The molecule has 0 bridgehead atoms. The second kappa shape index (κ2) is 16.4. The van der Waals surface area contributed by atoms with Crippen molar-refractivity contribution in [2.24, 2.45) is 22.7 Å². The van der Waals surface area contributed by atoms with Crippen LogP contribution in [-0.2, 0) is 9.59 Å². The number of aromatic nitrogens is 4. The lowest BCUT2D eigenvalue weighted by Gasteiger charge is -2.31. The SMILES string of the molecule is CCC(C)C(=O)NC(c1ncc(-c2ccc(C3CC3c3ccc(-c4cnc(C(NC(=O)C(CC)CCC(F)F)C(C)(C)C)[nH]4)cc3)cc2)[nH]1)C(C)(C)C. The first kappa shape index (κ1) is 39.9. The standard InChI is InChI=1S/C43H58F2N6O2/c1-10-25(3)40(52)50-36(42(4,5)6)38-46-23-33(48-38)29-16-12-27(13-17-29)31-22-32(31)28-14-18-30(19-15-28)34-24-47-39(49-34)37(43(7,8)9)51-41(53)26(11-2)20-21-35(44)45/h12-19,23-26,31-32,35-37H,10-11,20-22H2,1-9H3,(H,46,48)(H,47,49)(H,50,52)(H,51,53). The summed E-state index contributed by atoms with van der Waals surface area (Å²) in [6.45, 7) is 18.2. The predicted octanol–water partition coefficient (Wildman–Crippen LogP) is 10.3. The van der Waals surface area contributed by atoms with Crippen LogP contribution in [0.3, 0.4) is 0 Å². The van der Waals surface area contributed by atoms with E-state index in [4.69, 9.17) is 0 Å². The number of halogens is 2. The molecule has 2 amide bonds. The quantitative estimate of drug-likeness (QED) is 0.0975. The van der Waals surface area contributed by atoms with Gasteiger partial charge in [-0.25, -0.2) is 18.7 Å². The average molecular weight is 729 g/mol. The summed E-state index contributed by atoms with van der Waals surface area (Å²) < 4.78 is 25.7. The largest absolute Gasteiger partial charge is 0.345 e. The summed E-state index contributed by atoms with van der Waals surface area (Å²) >= 11 is 0. The van der Waals surface area contributed by atoms with Crippen molar-refractivity contribution in [1.29, 1.82) is 0 Å². The Morgan fingerprint density at radius 3 is 1.53 bits per heavy atom. The van der Waals surface area contributed by atoms with E-state index in [0.29, 0.717) is 24.1 Å². The Bertz CT molecular complexity index is 1820. The van der Waals surface area contributed by atoms with Gasteiger partial charge >= 0.3 is 0 Å². The Labute approximate surface area is 313 Å². The van der Waals surface area contributed by atoms with Crippen LogP contribution in [0.2, 0.25) is 0 Å². The fourth-order valence-electron chi connectivity index (χ4n) is 6.98. The van der Waals surface area contributed by atoms with Gasteiger partial charge in [0.05, 0.1) is 35.9 Å². The molecule has 0 spiro atoms. The molecule has 53 heavy (non-hydrogen) atoms. The number of aromatic amines is 2. The molecule has 4 aromatic rings. The molecule has 8 nitrogen and oxygen atoms in total. The van der Waals surface area contributed by atoms with Gasteiger partial charge < -0.3 is 20.6 Å². The molecule has 0 aliphatic heterocycles. The van der Waals surface area contributed by atoms with Crippen LogP contribution in [0.5, 0.6) is 0 Å². The maximum Gasteiger partial charge on any atom is 0.238 e. The number of hydrogen-bond acceptors (Lipinski definition) is 4. The van der Waals surface area contributed by atoms with Crippen LogP contribution in [-0.4, -0.2) is 38.2 Å². The second-order valence-corrected chi connectivity index (χ2v) is 17.1.